The van der Waals surface area contributed by atoms with Crippen LogP contribution in [-0.2, 0) is 6.54 Å². The predicted octanol–water partition coefficient (Wildman–Crippen LogP) is 3.65. The Balaban J connectivity index is 1.67. The Hall–Kier alpha value is -3.21. The standard InChI is InChI=1S/C19H18N4O/c1-14-6-5-9-16(10-14)23-19(24)17-11-18(22-13-21-17)20-12-15-7-3-2-4-8-15/h2-11,13H,12H2,1H3,(H,23,24)(H,20,21,22). The van der Waals surface area contributed by atoms with E-state index in [1.807, 2.05) is 61.5 Å². The van der Waals surface area contributed by atoms with E-state index in [0.717, 1.165) is 16.8 Å². The molecule has 0 aliphatic rings. The lowest BCUT2D eigenvalue weighted by Gasteiger charge is -2.08. The summed E-state index contributed by atoms with van der Waals surface area (Å²) in [5, 5.41) is 6.04. The second kappa shape index (κ2) is 7.37. The first-order chi connectivity index (χ1) is 11.7. The molecule has 1 heterocycles. The minimum Gasteiger partial charge on any atom is -0.366 e. The lowest BCUT2D eigenvalue weighted by molar-refractivity contribution is 0.102. The highest BCUT2D eigenvalue weighted by Gasteiger charge is 2.09. The Morgan fingerprint density at radius 3 is 2.62 bits per heavy atom. The highest BCUT2D eigenvalue weighted by Crippen LogP contribution is 2.12. The van der Waals surface area contributed by atoms with Crippen molar-refractivity contribution in [3.63, 3.8) is 0 Å². The molecule has 0 aliphatic carbocycles. The zero-order valence-electron chi connectivity index (χ0n) is 13.4. The van der Waals surface area contributed by atoms with E-state index < -0.39 is 0 Å². The molecule has 2 N–H and O–H groups in total. The van der Waals surface area contributed by atoms with Crippen LogP contribution in [-0.4, -0.2) is 15.9 Å². The molecular formula is C19H18N4O. The van der Waals surface area contributed by atoms with E-state index in [0.29, 0.717) is 18.1 Å². The molecule has 1 aromatic heterocycles. The lowest BCUT2D eigenvalue weighted by atomic mass is 10.2. The fourth-order valence-electron chi connectivity index (χ4n) is 2.28. The number of benzene rings is 2. The van der Waals surface area contributed by atoms with Crippen LogP contribution in [0.3, 0.4) is 0 Å². The molecule has 0 unspecified atom stereocenters. The highest BCUT2D eigenvalue weighted by atomic mass is 16.1. The zero-order valence-corrected chi connectivity index (χ0v) is 13.4. The number of anilines is 2. The fourth-order valence-corrected chi connectivity index (χ4v) is 2.28. The van der Waals surface area contributed by atoms with Gasteiger partial charge in [0.1, 0.15) is 17.8 Å². The van der Waals surface area contributed by atoms with Gasteiger partial charge in [-0.05, 0) is 30.2 Å². The Labute approximate surface area is 140 Å². The van der Waals surface area contributed by atoms with Crippen LogP contribution in [0.1, 0.15) is 21.6 Å². The molecule has 5 heteroatoms. The zero-order chi connectivity index (χ0) is 16.8. The second-order valence-electron chi connectivity index (χ2n) is 5.45. The summed E-state index contributed by atoms with van der Waals surface area (Å²) in [5.74, 6) is 0.356. The largest absolute Gasteiger partial charge is 0.366 e. The predicted molar refractivity (Wildman–Crippen MR) is 94.9 cm³/mol. The molecular weight excluding hydrogens is 300 g/mol. The summed E-state index contributed by atoms with van der Waals surface area (Å²) in [7, 11) is 0. The molecule has 24 heavy (non-hydrogen) atoms. The van der Waals surface area contributed by atoms with Gasteiger partial charge in [-0.2, -0.15) is 0 Å². The first-order valence-corrected chi connectivity index (χ1v) is 7.68. The summed E-state index contributed by atoms with van der Waals surface area (Å²) in [6, 6.07) is 19.3. The molecule has 0 atom stereocenters. The molecule has 0 saturated heterocycles. The van der Waals surface area contributed by atoms with Gasteiger partial charge < -0.3 is 10.6 Å². The maximum Gasteiger partial charge on any atom is 0.274 e. The molecule has 2 aromatic carbocycles. The van der Waals surface area contributed by atoms with Gasteiger partial charge in [-0.15, -0.1) is 0 Å². The first-order valence-electron chi connectivity index (χ1n) is 7.68. The third kappa shape index (κ3) is 4.16. The van der Waals surface area contributed by atoms with E-state index in [1.54, 1.807) is 6.07 Å². The highest BCUT2D eigenvalue weighted by molar-refractivity contribution is 6.03. The molecule has 5 nitrogen and oxygen atoms in total. The van der Waals surface area contributed by atoms with Crippen LogP contribution in [0.15, 0.2) is 67.0 Å². The van der Waals surface area contributed by atoms with Crippen LogP contribution < -0.4 is 10.6 Å². The molecule has 0 saturated carbocycles. The Bertz CT molecular complexity index is 834. The molecule has 0 fully saturated rings. The van der Waals surface area contributed by atoms with Crippen molar-refractivity contribution in [3.05, 3.63) is 83.8 Å². The molecule has 3 aromatic rings. The van der Waals surface area contributed by atoms with Crippen molar-refractivity contribution in [2.75, 3.05) is 10.6 Å². The molecule has 1 amide bonds. The number of hydrogen-bond donors (Lipinski definition) is 2. The number of hydrogen-bond acceptors (Lipinski definition) is 4. The van der Waals surface area contributed by atoms with Gasteiger partial charge in [0.25, 0.3) is 5.91 Å². The number of amides is 1. The lowest BCUT2D eigenvalue weighted by Crippen LogP contribution is -2.14. The molecule has 0 spiro atoms. The van der Waals surface area contributed by atoms with E-state index in [1.165, 1.54) is 6.33 Å². The summed E-state index contributed by atoms with van der Waals surface area (Å²) in [6.07, 6.45) is 1.39. The number of aromatic nitrogens is 2. The molecule has 0 aliphatic heterocycles. The average Bonchev–Trinajstić information content (AvgIpc) is 2.61. The Kier molecular flexibility index (Phi) is 4.81. The topological polar surface area (TPSA) is 66.9 Å². The summed E-state index contributed by atoms with van der Waals surface area (Å²) in [6.45, 7) is 2.61. The van der Waals surface area contributed by atoms with Crippen molar-refractivity contribution in [2.24, 2.45) is 0 Å². The summed E-state index contributed by atoms with van der Waals surface area (Å²) in [5.41, 5.74) is 3.29. The number of rotatable bonds is 5. The van der Waals surface area contributed by atoms with Crippen molar-refractivity contribution in [1.82, 2.24) is 9.97 Å². The minimum absolute atomic E-state index is 0.259. The van der Waals surface area contributed by atoms with Crippen molar-refractivity contribution >= 4 is 17.4 Å². The van der Waals surface area contributed by atoms with Gasteiger partial charge in [0.05, 0.1) is 0 Å². The van der Waals surface area contributed by atoms with Crippen molar-refractivity contribution < 1.29 is 4.79 Å². The first kappa shape index (κ1) is 15.7. The fraction of sp³-hybridized carbons (Fsp3) is 0.105. The van der Waals surface area contributed by atoms with Crippen molar-refractivity contribution in [2.45, 2.75) is 13.5 Å². The molecule has 0 radical (unpaired) electrons. The van der Waals surface area contributed by atoms with Gasteiger partial charge in [0.15, 0.2) is 0 Å². The van der Waals surface area contributed by atoms with Crippen LogP contribution in [0.5, 0.6) is 0 Å². The van der Waals surface area contributed by atoms with Crippen LogP contribution in [0.4, 0.5) is 11.5 Å². The minimum atomic E-state index is -0.259. The van der Waals surface area contributed by atoms with E-state index in [9.17, 15) is 4.79 Å². The van der Waals surface area contributed by atoms with Gasteiger partial charge in [-0.1, -0.05) is 42.5 Å². The van der Waals surface area contributed by atoms with Gasteiger partial charge >= 0.3 is 0 Å². The molecule has 0 bridgehead atoms. The van der Waals surface area contributed by atoms with E-state index >= 15 is 0 Å². The van der Waals surface area contributed by atoms with Crippen molar-refractivity contribution in [3.8, 4) is 0 Å². The molecule has 120 valence electrons. The van der Waals surface area contributed by atoms with Crippen LogP contribution >= 0.6 is 0 Å². The van der Waals surface area contributed by atoms with Crippen LogP contribution in [0, 0.1) is 6.92 Å². The van der Waals surface area contributed by atoms with Gasteiger partial charge in [0, 0.05) is 18.3 Å². The molecule has 3 rings (SSSR count). The third-order valence-corrected chi connectivity index (χ3v) is 3.49. The van der Waals surface area contributed by atoms with Gasteiger partial charge in [-0.25, -0.2) is 9.97 Å². The van der Waals surface area contributed by atoms with E-state index in [4.69, 9.17) is 0 Å². The SMILES string of the molecule is Cc1cccc(NC(=O)c2cc(NCc3ccccc3)ncn2)c1. The monoisotopic (exact) mass is 318 g/mol. The van der Waals surface area contributed by atoms with Crippen LogP contribution in [0.2, 0.25) is 0 Å². The van der Waals surface area contributed by atoms with E-state index in [2.05, 4.69) is 20.6 Å². The van der Waals surface area contributed by atoms with Crippen LogP contribution in [0.25, 0.3) is 0 Å². The van der Waals surface area contributed by atoms with Gasteiger partial charge in [0.2, 0.25) is 0 Å². The summed E-state index contributed by atoms with van der Waals surface area (Å²) < 4.78 is 0. The number of aryl methyl sites for hydroxylation is 1. The number of carbonyl (C=O) groups excluding carboxylic acids is 1. The number of carbonyl (C=O) groups is 1. The normalized spacial score (nSPS) is 10.2. The second-order valence-corrected chi connectivity index (χ2v) is 5.45. The maximum absolute atomic E-state index is 12.3. The van der Waals surface area contributed by atoms with Crippen molar-refractivity contribution in [1.29, 1.82) is 0 Å². The third-order valence-electron chi connectivity index (χ3n) is 3.49. The number of nitrogens with one attached hydrogen (secondary N) is 2. The number of nitrogens with zero attached hydrogens (tertiary/aromatic N) is 2. The Morgan fingerprint density at radius 2 is 1.83 bits per heavy atom. The van der Waals surface area contributed by atoms with E-state index in [-0.39, 0.29) is 5.91 Å². The summed E-state index contributed by atoms with van der Waals surface area (Å²) >= 11 is 0. The quantitative estimate of drug-likeness (QED) is 0.753. The maximum atomic E-state index is 12.3. The smallest absolute Gasteiger partial charge is 0.274 e. The average molecular weight is 318 g/mol. The van der Waals surface area contributed by atoms with Gasteiger partial charge in [-0.3, -0.25) is 4.79 Å². The summed E-state index contributed by atoms with van der Waals surface area (Å²) in [4.78, 5) is 20.5. The Morgan fingerprint density at radius 1 is 1.00 bits per heavy atom.